The van der Waals surface area contributed by atoms with Crippen molar-refractivity contribution in [1.29, 1.82) is 5.26 Å². The average Bonchev–Trinajstić information content (AvgIpc) is 2.27. The molecule has 17 heavy (non-hydrogen) atoms. The Morgan fingerprint density at radius 1 is 1.59 bits per heavy atom. The molecule has 1 aromatic rings. The van der Waals surface area contributed by atoms with Crippen molar-refractivity contribution in [2.75, 3.05) is 6.61 Å². The van der Waals surface area contributed by atoms with Crippen LogP contribution in [0, 0.1) is 14.9 Å². The second kappa shape index (κ2) is 5.91. The van der Waals surface area contributed by atoms with Gasteiger partial charge in [-0.3, -0.25) is 0 Å². The van der Waals surface area contributed by atoms with Crippen LogP contribution < -0.4 is 0 Å². The highest BCUT2D eigenvalue weighted by Crippen LogP contribution is 2.29. The van der Waals surface area contributed by atoms with Crippen LogP contribution in [0.25, 0.3) is 0 Å². The molecule has 0 amide bonds. The molecule has 0 bridgehead atoms. The number of rotatable bonds is 3. The lowest BCUT2D eigenvalue weighted by Crippen LogP contribution is -2.07. The number of hydrogen-bond acceptors (Lipinski definition) is 3. The number of esters is 1. The van der Waals surface area contributed by atoms with Gasteiger partial charge < -0.3 is 4.74 Å². The molecule has 0 unspecified atom stereocenters. The second-order valence-electron chi connectivity index (χ2n) is 3.05. The summed E-state index contributed by atoms with van der Waals surface area (Å²) in [6, 6.07) is 4.08. The monoisotopic (exact) mass is 351 g/mol. The summed E-state index contributed by atoms with van der Waals surface area (Å²) in [6.07, 6.45) is -2.74. The minimum absolute atomic E-state index is 0.109. The van der Waals surface area contributed by atoms with Crippen LogP contribution in [0.5, 0.6) is 0 Å². The fourth-order valence-corrected chi connectivity index (χ4v) is 2.13. The molecule has 0 saturated carbocycles. The normalized spacial score (nSPS) is 10.1. The van der Waals surface area contributed by atoms with Crippen molar-refractivity contribution in [3.63, 3.8) is 0 Å². The Labute approximate surface area is 111 Å². The van der Waals surface area contributed by atoms with Gasteiger partial charge in [0.25, 0.3) is 6.43 Å². The van der Waals surface area contributed by atoms with Crippen molar-refractivity contribution >= 4 is 28.6 Å². The molecular weight excluding hydrogens is 343 g/mol. The van der Waals surface area contributed by atoms with Crippen molar-refractivity contribution in [2.24, 2.45) is 0 Å². The first-order valence-electron chi connectivity index (χ1n) is 4.70. The van der Waals surface area contributed by atoms with Crippen LogP contribution >= 0.6 is 22.6 Å². The molecule has 6 heteroatoms. The number of carbonyl (C=O) groups excluding carboxylic acids is 1. The molecule has 1 aromatic carbocycles. The zero-order chi connectivity index (χ0) is 13.0. The van der Waals surface area contributed by atoms with E-state index in [1.807, 2.05) is 0 Å². The summed E-state index contributed by atoms with van der Waals surface area (Å²) in [5.41, 5.74) is -0.437. The molecule has 0 atom stereocenters. The van der Waals surface area contributed by atoms with Crippen LogP contribution in [0.4, 0.5) is 8.78 Å². The van der Waals surface area contributed by atoms with Gasteiger partial charge in [0.05, 0.1) is 23.8 Å². The molecular formula is C11H8F2INO2. The SMILES string of the molecule is CCOC(=O)c1cc(I)c(C(F)F)c(C#N)c1. The number of halogens is 3. The Morgan fingerprint density at radius 2 is 2.24 bits per heavy atom. The first kappa shape index (κ1) is 13.8. The van der Waals surface area contributed by atoms with Crippen LogP contribution in [-0.2, 0) is 4.74 Å². The maximum absolute atomic E-state index is 12.7. The minimum atomic E-state index is -2.74. The highest BCUT2D eigenvalue weighted by molar-refractivity contribution is 14.1. The fraction of sp³-hybridized carbons (Fsp3) is 0.273. The van der Waals surface area contributed by atoms with E-state index in [9.17, 15) is 13.6 Å². The molecule has 0 aliphatic carbocycles. The van der Waals surface area contributed by atoms with Crippen molar-refractivity contribution in [3.8, 4) is 6.07 Å². The topological polar surface area (TPSA) is 50.1 Å². The third-order valence-corrected chi connectivity index (χ3v) is 2.87. The molecule has 0 radical (unpaired) electrons. The van der Waals surface area contributed by atoms with Crippen molar-refractivity contribution in [3.05, 3.63) is 32.4 Å². The van der Waals surface area contributed by atoms with Crippen LogP contribution in [0.15, 0.2) is 12.1 Å². The molecule has 0 aliphatic heterocycles. The van der Waals surface area contributed by atoms with Crippen LogP contribution in [0.2, 0.25) is 0 Å². The molecule has 0 N–H and O–H groups in total. The predicted molar refractivity (Wildman–Crippen MR) is 64.8 cm³/mol. The fourth-order valence-electron chi connectivity index (χ4n) is 1.26. The van der Waals surface area contributed by atoms with Crippen molar-refractivity contribution < 1.29 is 18.3 Å². The number of hydrogen-bond donors (Lipinski definition) is 0. The minimum Gasteiger partial charge on any atom is -0.462 e. The summed E-state index contributed by atoms with van der Waals surface area (Å²) in [7, 11) is 0. The standard InChI is InChI=1S/C11H8F2INO2/c1-2-17-11(16)6-3-7(5-15)9(10(12)13)8(14)4-6/h3-4,10H,2H2,1H3. The van der Waals surface area contributed by atoms with E-state index in [1.54, 1.807) is 35.6 Å². The lowest BCUT2D eigenvalue weighted by Gasteiger charge is -2.08. The number of benzene rings is 1. The van der Waals surface area contributed by atoms with E-state index in [4.69, 9.17) is 10.00 Å². The first-order valence-corrected chi connectivity index (χ1v) is 5.78. The van der Waals surface area contributed by atoms with Gasteiger partial charge in [0.1, 0.15) is 0 Å². The van der Waals surface area contributed by atoms with Gasteiger partial charge in [-0.15, -0.1) is 0 Å². The Hall–Kier alpha value is -1.23. The van der Waals surface area contributed by atoms with Gasteiger partial charge in [-0.1, -0.05) is 0 Å². The molecule has 0 aliphatic rings. The van der Waals surface area contributed by atoms with Crippen molar-refractivity contribution in [1.82, 2.24) is 0 Å². The summed E-state index contributed by atoms with van der Waals surface area (Å²) in [5.74, 6) is -0.622. The van der Waals surface area contributed by atoms with Gasteiger partial charge in [0.2, 0.25) is 0 Å². The molecule has 0 fully saturated rings. The maximum Gasteiger partial charge on any atom is 0.338 e. The zero-order valence-electron chi connectivity index (χ0n) is 8.84. The van der Waals surface area contributed by atoms with E-state index in [-0.39, 0.29) is 26.9 Å². The van der Waals surface area contributed by atoms with Crippen LogP contribution in [0.3, 0.4) is 0 Å². The smallest absolute Gasteiger partial charge is 0.338 e. The molecule has 3 nitrogen and oxygen atoms in total. The summed E-state index contributed by atoms with van der Waals surface area (Å²) in [4.78, 5) is 11.4. The largest absolute Gasteiger partial charge is 0.462 e. The molecule has 0 spiro atoms. The van der Waals surface area contributed by atoms with Crippen LogP contribution in [0.1, 0.15) is 34.8 Å². The van der Waals surface area contributed by atoms with Gasteiger partial charge in [-0.05, 0) is 41.6 Å². The summed E-state index contributed by atoms with van der Waals surface area (Å²) in [6.45, 7) is 1.83. The maximum atomic E-state index is 12.7. The summed E-state index contributed by atoms with van der Waals surface area (Å²) in [5, 5.41) is 8.79. The number of nitrogens with zero attached hydrogens (tertiary/aromatic N) is 1. The van der Waals surface area contributed by atoms with Gasteiger partial charge >= 0.3 is 5.97 Å². The van der Waals surface area contributed by atoms with Gasteiger partial charge in [0, 0.05) is 9.13 Å². The zero-order valence-corrected chi connectivity index (χ0v) is 11.0. The Bertz CT molecular complexity index is 483. The number of carbonyl (C=O) groups is 1. The van der Waals surface area contributed by atoms with E-state index in [0.29, 0.717) is 0 Å². The Morgan fingerprint density at radius 3 is 2.71 bits per heavy atom. The third-order valence-electron chi connectivity index (χ3n) is 1.98. The number of alkyl halides is 2. The quantitative estimate of drug-likeness (QED) is 0.620. The molecule has 0 aromatic heterocycles. The van der Waals surface area contributed by atoms with E-state index in [1.165, 1.54) is 6.07 Å². The Kier molecular flexibility index (Phi) is 4.81. The lowest BCUT2D eigenvalue weighted by molar-refractivity contribution is 0.0526. The average molecular weight is 351 g/mol. The highest BCUT2D eigenvalue weighted by Gasteiger charge is 2.20. The Balaban J connectivity index is 3.28. The van der Waals surface area contributed by atoms with E-state index >= 15 is 0 Å². The van der Waals surface area contributed by atoms with Gasteiger partial charge in [-0.25, -0.2) is 13.6 Å². The molecule has 1 rings (SSSR count). The first-order chi connectivity index (χ1) is 8.01. The summed E-state index contributed by atoms with van der Waals surface area (Å²) < 4.78 is 30.3. The second-order valence-corrected chi connectivity index (χ2v) is 4.21. The van der Waals surface area contributed by atoms with Crippen LogP contribution in [-0.4, -0.2) is 12.6 Å². The van der Waals surface area contributed by atoms with E-state index in [2.05, 4.69) is 0 Å². The third kappa shape index (κ3) is 3.12. The predicted octanol–water partition coefficient (Wildman–Crippen LogP) is 3.28. The number of nitriles is 1. The summed E-state index contributed by atoms with van der Waals surface area (Å²) >= 11 is 1.67. The molecule has 0 saturated heterocycles. The van der Waals surface area contributed by atoms with E-state index in [0.717, 1.165) is 6.07 Å². The molecule has 90 valence electrons. The van der Waals surface area contributed by atoms with Gasteiger partial charge in [-0.2, -0.15) is 5.26 Å². The highest BCUT2D eigenvalue weighted by atomic mass is 127. The van der Waals surface area contributed by atoms with Crippen molar-refractivity contribution in [2.45, 2.75) is 13.3 Å². The number of ether oxygens (including phenoxy) is 1. The molecule has 0 heterocycles. The lowest BCUT2D eigenvalue weighted by atomic mass is 10.1. The van der Waals surface area contributed by atoms with Gasteiger partial charge in [0.15, 0.2) is 0 Å². The van der Waals surface area contributed by atoms with E-state index < -0.39 is 12.4 Å².